The lowest BCUT2D eigenvalue weighted by Gasteiger charge is -2.48. The van der Waals surface area contributed by atoms with Gasteiger partial charge in [0.05, 0.1) is 11.6 Å². The predicted molar refractivity (Wildman–Crippen MR) is 128 cm³/mol. The van der Waals surface area contributed by atoms with Gasteiger partial charge < -0.3 is 5.32 Å². The maximum absolute atomic E-state index is 13.2. The number of allylic oxidation sites excluding steroid dienone is 7. The first kappa shape index (κ1) is 25.9. The SMILES string of the molecule is C/C=C(\C)N=O.CC1=C(Nc2ccc(F)cc2)C=C2CCC3C[C@H](C(F)(F)F)CC=C3[C@@]2(C)C1. The molecule has 3 nitrogen and oxygen atoms in total. The van der Waals surface area contributed by atoms with Crippen molar-refractivity contribution < 1.29 is 17.6 Å². The summed E-state index contributed by atoms with van der Waals surface area (Å²) in [4.78, 5) is 9.42. The van der Waals surface area contributed by atoms with Crippen LogP contribution in [0.1, 0.15) is 59.8 Å². The van der Waals surface area contributed by atoms with Gasteiger partial charge in [-0.05, 0) is 99.9 Å². The standard InChI is InChI=1S/C23H25F4N.C4H7NO/c1-14-13-22(2)16(12-21(14)28-19-8-6-18(24)7-9-19)4-3-15-11-17(23(25,26)27)5-10-20(15)22;1-3-4(2)5-6/h6-10,12,15,17,28H,3-5,11,13H2,1-2H3;3H,1-2H3/b;4-3+/t15?,17-,22+;/m1./s1. The van der Waals surface area contributed by atoms with Crippen molar-refractivity contribution in [2.45, 2.75) is 66.0 Å². The van der Waals surface area contributed by atoms with Gasteiger partial charge in [0.2, 0.25) is 0 Å². The van der Waals surface area contributed by atoms with Gasteiger partial charge in [0.1, 0.15) is 5.82 Å². The zero-order valence-corrected chi connectivity index (χ0v) is 20.1. The summed E-state index contributed by atoms with van der Waals surface area (Å²) in [7, 11) is 0. The van der Waals surface area contributed by atoms with Crippen molar-refractivity contribution in [1.29, 1.82) is 0 Å². The number of hydrogen-bond acceptors (Lipinski definition) is 3. The highest BCUT2D eigenvalue weighted by Crippen LogP contribution is 2.57. The summed E-state index contributed by atoms with van der Waals surface area (Å²) in [5, 5.41) is 5.99. The first-order chi connectivity index (χ1) is 16.0. The second kappa shape index (κ2) is 10.3. The molecule has 1 fully saturated rings. The molecule has 1 saturated carbocycles. The number of nitrogens with one attached hydrogen (secondary N) is 1. The molecule has 3 atom stereocenters. The fraction of sp³-hybridized carbons (Fsp3) is 0.481. The lowest BCUT2D eigenvalue weighted by molar-refractivity contribution is -0.179. The van der Waals surface area contributed by atoms with Crippen molar-refractivity contribution in [2.24, 2.45) is 22.4 Å². The van der Waals surface area contributed by atoms with Gasteiger partial charge in [0, 0.05) is 16.8 Å². The minimum absolute atomic E-state index is 0.0296. The molecule has 0 heterocycles. The molecule has 0 aliphatic heterocycles. The molecule has 1 N–H and O–H groups in total. The fourth-order valence-electron chi connectivity index (χ4n) is 5.26. The summed E-state index contributed by atoms with van der Waals surface area (Å²) in [5.74, 6) is -1.45. The molecule has 1 unspecified atom stereocenters. The summed E-state index contributed by atoms with van der Waals surface area (Å²) in [5.41, 5.74) is 5.86. The maximum Gasteiger partial charge on any atom is 0.392 e. The van der Waals surface area contributed by atoms with Crippen molar-refractivity contribution in [2.75, 3.05) is 5.32 Å². The van der Waals surface area contributed by atoms with Gasteiger partial charge in [-0.3, -0.25) is 0 Å². The Morgan fingerprint density at radius 3 is 2.47 bits per heavy atom. The molecule has 3 aliphatic carbocycles. The van der Waals surface area contributed by atoms with Crippen LogP contribution in [0.25, 0.3) is 0 Å². The number of hydrogen-bond donors (Lipinski definition) is 1. The van der Waals surface area contributed by atoms with Crippen molar-refractivity contribution in [3.05, 3.63) is 81.3 Å². The van der Waals surface area contributed by atoms with Crippen LogP contribution < -0.4 is 5.32 Å². The third-order valence-corrected chi connectivity index (χ3v) is 7.28. The van der Waals surface area contributed by atoms with E-state index in [9.17, 15) is 22.5 Å². The monoisotopic (exact) mass is 476 g/mol. The van der Waals surface area contributed by atoms with Gasteiger partial charge in [-0.1, -0.05) is 30.2 Å². The molecule has 0 aromatic heterocycles. The van der Waals surface area contributed by atoms with Gasteiger partial charge in [-0.15, -0.1) is 4.91 Å². The Hall–Kier alpha value is -2.70. The van der Waals surface area contributed by atoms with Crippen LogP contribution in [-0.2, 0) is 0 Å². The first-order valence-electron chi connectivity index (χ1n) is 11.6. The zero-order chi connectivity index (χ0) is 25.1. The first-order valence-corrected chi connectivity index (χ1v) is 11.6. The zero-order valence-electron chi connectivity index (χ0n) is 20.1. The summed E-state index contributed by atoms with van der Waals surface area (Å²) in [6.07, 6.45) is 4.33. The molecule has 0 radical (unpaired) electrons. The Morgan fingerprint density at radius 2 is 1.91 bits per heavy atom. The molecule has 1 aromatic rings. The molecule has 0 bridgehead atoms. The van der Waals surface area contributed by atoms with Crippen LogP contribution in [0, 0.1) is 28.0 Å². The van der Waals surface area contributed by atoms with Gasteiger partial charge in [0.25, 0.3) is 0 Å². The third kappa shape index (κ3) is 5.68. The average Bonchev–Trinajstić information content (AvgIpc) is 2.80. The van der Waals surface area contributed by atoms with E-state index in [1.54, 1.807) is 32.1 Å². The normalized spacial score (nSPS) is 26.9. The van der Waals surface area contributed by atoms with E-state index < -0.39 is 12.1 Å². The van der Waals surface area contributed by atoms with Crippen LogP contribution in [0.4, 0.5) is 23.2 Å². The molecular weight excluding hydrogens is 444 g/mol. The van der Waals surface area contributed by atoms with Crippen molar-refractivity contribution in [1.82, 2.24) is 0 Å². The van der Waals surface area contributed by atoms with E-state index in [4.69, 9.17) is 0 Å². The largest absolute Gasteiger partial charge is 0.392 e. The number of halogens is 4. The summed E-state index contributed by atoms with van der Waals surface area (Å²) in [6, 6.07) is 6.26. The number of anilines is 1. The van der Waals surface area contributed by atoms with Crippen LogP contribution in [0.3, 0.4) is 0 Å². The van der Waals surface area contributed by atoms with E-state index in [0.29, 0.717) is 5.70 Å². The summed E-state index contributed by atoms with van der Waals surface area (Å²) >= 11 is 0. The molecule has 184 valence electrons. The number of alkyl halides is 3. The molecule has 0 amide bonds. The molecule has 0 spiro atoms. The minimum atomic E-state index is -4.10. The third-order valence-electron chi connectivity index (χ3n) is 7.28. The van der Waals surface area contributed by atoms with E-state index in [1.165, 1.54) is 28.9 Å². The number of rotatable bonds is 3. The van der Waals surface area contributed by atoms with Crippen LogP contribution in [-0.4, -0.2) is 6.18 Å². The predicted octanol–water partition coefficient (Wildman–Crippen LogP) is 8.83. The van der Waals surface area contributed by atoms with E-state index in [0.717, 1.165) is 30.6 Å². The lowest BCUT2D eigenvalue weighted by Crippen LogP contribution is -2.39. The molecular formula is C27H32F4N2O. The summed E-state index contributed by atoms with van der Waals surface area (Å²) < 4.78 is 52.7. The molecule has 7 heteroatoms. The highest BCUT2D eigenvalue weighted by atomic mass is 19.4. The van der Waals surface area contributed by atoms with Crippen molar-refractivity contribution in [3.8, 4) is 0 Å². The molecule has 1 aromatic carbocycles. The van der Waals surface area contributed by atoms with Crippen LogP contribution in [0.2, 0.25) is 0 Å². The highest BCUT2D eigenvalue weighted by Gasteiger charge is 2.48. The topological polar surface area (TPSA) is 41.5 Å². The molecule has 34 heavy (non-hydrogen) atoms. The van der Waals surface area contributed by atoms with E-state index in [2.05, 4.69) is 30.4 Å². The minimum Gasteiger partial charge on any atom is -0.356 e. The number of nitrogens with zero attached hydrogens (tertiary/aromatic N) is 1. The van der Waals surface area contributed by atoms with Gasteiger partial charge in [-0.2, -0.15) is 13.2 Å². The van der Waals surface area contributed by atoms with Crippen LogP contribution >= 0.6 is 0 Å². The fourth-order valence-corrected chi connectivity index (χ4v) is 5.26. The van der Waals surface area contributed by atoms with Crippen LogP contribution in [0.5, 0.6) is 0 Å². The maximum atomic E-state index is 13.2. The average molecular weight is 477 g/mol. The number of benzene rings is 1. The second-order valence-electron chi connectivity index (χ2n) is 9.63. The molecule has 3 aliphatic rings. The smallest absolute Gasteiger partial charge is 0.356 e. The highest BCUT2D eigenvalue weighted by molar-refractivity contribution is 5.56. The Kier molecular flexibility index (Phi) is 7.84. The van der Waals surface area contributed by atoms with E-state index in [1.807, 2.05) is 6.08 Å². The Labute approximate surface area is 198 Å². The molecule has 4 rings (SSSR count). The van der Waals surface area contributed by atoms with Crippen molar-refractivity contribution in [3.63, 3.8) is 0 Å². The molecule has 0 saturated heterocycles. The van der Waals surface area contributed by atoms with Crippen LogP contribution in [0.15, 0.2) is 75.8 Å². The van der Waals surface area contributed by atoms with Crippen molar-refractivity contribution >= 4 is 5.69 Å². The van der Waals surface area contributed by atoms with Gasteiger partial charge >= 0.3 is 6.18 Å². The Morgan fingerprint density at radius 1 is 1.24 bits per heavy atom. The number of nitroso groups, excluding NO2 is 1. The summed E-state index contributed by atoms with van der Waals surface area (Å²) in [6.45, 7) is 7.68. The lowest BCUT2D eigenvalue weighted by atomic mass is 9.56. The van der Waals surface area contributed by atoms with Gasteiger partial charge in [0.15, 0.2) is 0 Å². The Balaban J connectivity index is 0.000000481. The van der Waals surface area contributed by atoms with E-state index >= 15 is 0 Å². The second-order valence-corrected chi connectivity index (χ2v) is 9.63. The quantitative estimate of drug-likeness (QED) is 0.269. The number of fused-ring (bicyclic) bond motifs is 3. The van der Waals surface area contributed by atoms with Gasteiger partial charge in [-0.25, -0.2) is 4.39 Å². The van der Waals surface area contributed by atoms with E-state index in [-0.39, 0.29) is 30.0 Å². The Bertz CT molecular complexity index is 1030.